The number of likely N-dealkylation sites (N-methyl/N-ethyl adjacent to an activating group) is 1. The SMILES string of the molecule is CCCN[C@H]1[C@H]2Cc3ccc(OC)cc3C1(C)CCN2C. The molecular formula is C18H28N2O. The van der Waals surface area contributed by atoms with E-state index in [-0.39, 0.29) is 5.41 Å². The lowest BCUT2D eigenvalue weighted by Crippen LogP contribution is -2.66. The molecule has 1 N–H and O–H groups in total. The highest BCUT2D eigenvalue weighted by Gasteiger charge is 2.49. The topological polar surface area (TPSA) is 24.5 Å². The van der Waals surface area contributed by atoms with Crippen LogP contribution in [0.1, 0.15) is 37.8 Å². The first-order valence-electron chi connectivity index (χ1n) is 8.21. The van der Waals surface area contributed by atoms with E-state index >= 15 is 0 Å². The Hall–Kier alpha value is -1.06. The summed E-state index contributed by atoms with van der Waals surface area (Å²) < 4.78 is 5.47. The van der Waals surface area contributed by atoms with E-state index in [1.165, 1.54) is 30.5 Å². The van der Waals surface area contributed by atoms with Crippen molar-refractivity contribution in [3.63, 3.8) is 0 Å². The van der Waals surface area contributed by atoms with Gasteiger partial charge in [0.15, 0.2) is 0 Å². The second kappa shape index (κ2) is 5.62. The van der Waals surface area contributed by atoms with Gasteiger partial charge < -0.3 is 15.0 Å². The van der Waals surface area contributed by atoms with Crippen molar-refractivity contribution in [2.24, 2.45) is 0 Å². The standard InChI is InChI=1S/C18H28N2O/c1-5-9-19-17-16-11-13-6-7-14(21-4)12-15(13)18(17,2)8-10-20(16)3/h6-7,12,16-17,19H,5,8-11H2,1-4H3/t16-,17+,18?/m1/s1. The first-order chi connectivity index (χ1) is 10.1. The van der Waals surface area contributed by atoms with Gasteiger partial charge in [0.1, 0.15) is 5.75 Å². The van der Waals surface area contributed by atoms with E-state index in [0.717, 1.165) is 18.7 Å². The minimum Gasteiger partial charge on any atom is -0.497 e. The molecule has 0 spiro atoms. The number of nitrogens with one attached hydrogen (secondary N) is 1. The van der Waals surface area contributed by atoms with E-state index < -0.39 is 0 Å². The van der Waals surface area contributed by atoms with E-state index in [1.54, 1.807) is 7.11 Å². The monoisotopic (exact) mass is 288 g/mol. The van der Waals surface area contributed by atoms with Crippen molar-refractivity contribution < 1.29 is 4.74 Å². The van der Waals surface area contributed by atoms with Crippen LogP contribution >= 0.6 is 0 Å². The van der Waals surface area contributed by atoms with E-state index in [2.05, 4.69) is 49.3 Å². The summed E-state index contributed by atoms with van der Waals surface area (Å²) >= 11 is 0. The van der Waals surface area contributed by atoms with Crippen molar-refractivity contribution in [1.82, 2.24) is 10.2 Å². The summed E-state index contributed by atoms with van der Waals surface area (Å²) in [5.41, 5.74) is 3.22. The average Bonchev–Trinajstić information content (AvgIpc) is 2.50. The van der Waals surface area contributed by atoms with Crippen LogP contribution in [0.2, 0.25) is 0 Å². The number of benzene rings is 1. The number of piperidine rings is 1. The van der Waals surface area contributed by atoms with Crippen molar-refractivity contribution >= 4 is 0 Å². The molecule has 0 saturated carbocycles. The molecule has 2 aliphatic rings. The third-order valence-electron chi connectivity index (χ3n) is 5.60. The van der Waals surface area contributed by atoms with Crippen molar-refractivity contribution in [3.8, 4) is 5.75 Å². The molecule has 3 nitrogen and oxygen atoms in total. The highest BCUT2D eigenvalue weighted by Crippen LogP contribution is 2.45. The third-order valence-corrected chi connectivity index (χ3v) is 5.60. The number of hydrogen-bond acceptors (Lipinski definition) is 3. The lowest BCUT2D eigenvalue weighted by Gasteiger charge is -2.55. The van der Waals surface area contributed by atoms with Gasteiger partial charge in [-0.1, -0.05) is 19.9 Å². The minimum absolute atomic E-state index is 0.217. The highest BCUT2D eigenvalue weighted by molar-refractivity contribution is 5.45. The van der Waals surface area contributed by atoms with Crippen LogP contribution in [0.3, 0.4) is 0 Å². The Morgan fingerprint density at radius 2 is 2.24 bits per heavy atom. The predicted molar refractivity (Wildman–Crippen MR) is 87.2 cm³/mol. The summed E-state index contributed by atoms with van der Waals surface area (Å²) in [6.45, 7) is 6.97. The van der Waals surface area contributed by atoms with Gasteiger partial charge in [-0.15, -0.1) is 0 Å². The molecule has 0 amide bonds. The number of nitrogens with zero attached hydrogens (tertiary/aromatic N) is 1. The van der Waals surface area contributed by atoms with Crippen molar-refractivity contribution in [1.29, 1.82) is 0 Å². The van der Waals surface area contributed by atoms with Gasteiger partial charge in [-0.05, 0) is 62.7 Å². The Morgan fingerprint density at radius 3 is 2.95 bits per heavy atom. The van der Waals surface area contributed by atoms with Crippen LogP contribution < -0.4 is 10.1 Å². The Labute approximate surface area is 128 Å². The Bertz CT molecular complexity index is 516. The van der Waals surface area contributed by atoms with E-state index in [0.29, 0.717) is 12.1 Å². The summed E-state index contributed by atoms with van der Waals surface area (Å²) in [4.78, 5) is 2.54. The molecule has 1 aromatic carbocycles. The summed E-state index contributed by atoms with van der Waals surface area (Å²) in [5, 5.41) is 3.84. The molecule has 1 aliphatic heterocycles. The van der Waals surface area contributed by atoms with Crippen LogP contribution in [-0.4, -0.2) is 44.2 Å². The molecule has 3 atom stereocenters. The summed E-state index contributed by atoms with van der Waals surface area (Å²) in [5.74, 6) is 0.988. The first-order valence-corrected chi connectivity index (χ1v) is 8.21. The fourth-order valence-electron chi connectivity index (χ4n) is 4.26. The molecule has 2 bridgehead atoms. The Morgan fingerprint density at radius 1 is 1.43 bits per heavy atom. The zero-order valence-corrected chi connectivity index (χ0v) is 13.8. The fourth-order valence-corrected chi connectivity index (χ4v) is 4.26. The number of fused-ring (bicyclic) bond motifs is 4. The lowest BCUT2D eigenvalue weighted by molar-refractivity contribution is 0.0661. The van der Waals surface area contributed by atoms with Crippen LogP contribution in [-0.2, 0) is 11.8 Å². The number of rotatable bonds is 4. The summed E-state index contributed by atoms with van der Waals surface area (Å²) in [7, 11) is 4.04. The minimum atomic E-state index is 0.217. The predicted octanol–water partition coefficient (Wildman–Crippen LogP) is 2.58. The normalized spacial score (nSPS) is 31.8. The highest BCUT2D eigenvalue weighted by atomic mass is 16.5. The maximum atomic E-state index is 5.47. The second-order valence-electron chi connectivity index (χ2n) is 6.87. The second-order valence-corrected chi connectivity index (χ2v) is 6.87. The molecule has 1 saturated heterocycles. The van der Waals surface area contributed by atoms with Gasteiger partial charge in [0.25, 0.3) is 0 Å². The lowest BCUT2D eigenvalue weighted by atomic mass is 9.61. The molecule has 1 aliphatic carbocycles. The van der Waals surface area contributed by atoms with Crippen molar-refractivity contribution in [2.75, 3.05) is 27.2 Å². The Balaban J connectivity index is 2.04. The van der Waals surface area contributed by atoms with Gasteiger partial charge in [0, 0.05) is 17.5 Å². The van der Waals surface area contributed by atoms with Gasteiger partial charge in [-0.2, -0.15) is 0 Å². The molecule has 1 unspecified atom stereocenters. The van der Waals surface area contributed by atoms with E-state index in [4.69, 9.17) is 4.74 Å². The molecule has 1 heterocycles. The van der Waals surface area contributed by atoms with Gasteiger partial charge in [-0.3, -0.25) is 0 Å². The first kappa shape index (κ1) is 14.9. The van der Waals surface area contributed by atoms with E-state index in [1.807, 2.05) is 0 Å². The van der Waals surface area contributed by atoms with Gasteiger partial charge in [-0.25, -0.2) is 0 Å². The molecule has 0 radical (unpaired) electrons. The summed E-state index contributed by atoms with van der Waals surface area (Å²) in [6.07, 6.45) is 3.54. The molecular weight excluding hydrogens is 260 g/mol. The zero-order valence-electron chi connectivity index (χ0n) is 13.8. The zero-order chi connectivity index (χ0) is 15.0. The number of likely N-dealkylation sites (tertiary alicyclic amines) is 1. The fraction of sp³-hybridized carbons (Fsp3) is 0.667. The quantitative estimate of drug-likeness (QED) is 0.921. The van der Waals surface area contributed by atoms with Crippen LogP contribution in [0.4, 0.5) is 0 Å². The molecule has 21 heavy (non-hydrogen) atoms. The van der Waals surface area contributed by atoms with Gasteiger partial charge >= 0.3 is 0 Å². The molecule has 1 aromatic rings. The average molecular weight is 288 g/mol. The molecule has 3 heteroatoms. The number of ether oxygens (including phenoxy) is 1. The molecule has 116 valence electrons. The van der Waals surface area contributed by atoms with Crippen LogP contribution in [0.15, 0.2) is 18.2 Å². The molecule has 0 aromatic heterocycles. The number of methoxy groups -OCH3 is 1. The van der Waals surface area contributed by atoms with Crippen molar-refractivity contribution in [3.05, 3.63) is 29.3 Å². The number of hydrogen-bond donors (Lipinski definition) is 1. The maximum absolute atomic E-state index is 5.47. The van der Waals surface area contributed by atoms with Gasteiger partial charge in [0.2, 0.25) is 0 Å². The molecule has 1 fully saturated rings. The van der Waals surface area contributed by atoms with Crippen LogP contribution in [0.5, 0.6) is 5.75 Å². The molecule has 3 rings (SSSR count). The van der Waals surface area contributed by atoms with Crippen LogP contribution in [0.25, 0.3) is 0 Å². The van der Waals surface area contributed by atoms with Crippen molar-refractivity contribution in [2.45, 2.75) is 50.6 Å². The summed E-state index contributed by atoms with van der Waals surface area (Å²) in [6, 6.07) is 7.80. The smallest absolute Gasteiger partial charge is 0.119 e. The van der Waals surface area contributed by atoms with Gasteiger partial charge in [0.05, 0.1) is 7.11 Å². The van der Waals surface area contributed by atoms with E-state index in [9.17, 15) is 0 Å². The Kier molecular flexibility index (Phi) is 3.98. The largest absolute Gasteiger partial charge is 0.497 e. The van der Waals surface area contributed by atoms with Crippen LogP contribution in [0, 0.1) is 0 Å². The third kappa shape index (κ3) is 2.36. The maximum Gasteiger partial charge on any atom is 0.119 e.